The largest absolute Gasteiger partial charge is 0.311 e. The van der Waals surface area contributed by atoms with Crippen LogP contribution < -0.4 is 5.32 Å². The van der Waals surface area contributed by atoms with Crippen molar-refractivity contribution in [2.75, 3.05) is 6.26 Å². The molecular weight excluding hydrogens is 214 g/mol. The van der Waals surface area contributed by atoms with Gasteiger partial charge in [0.25, 0.3) is 0 Å². The topological polar surface area (TPSA) is 12.0 Å². The maximum Gasteiger partial charge on any atom is 0.00978 e. The Morgan fingerprint density at radius 3 is 2.69 bits per heavy atom. The third kappa shape index (κ3) is 3.66. The van der Waals surface area contributed by atoms with Crippen LogP contribution in [0, 0.1) is 5.92 Å². The van der Waals surface area contributed by atoms with E-state index in [0.29, 0.717) is 0 Å². The van der Waals surface area contributed by atoms with E-state index >= 15 is 0 Å². The lowest BCUT2D eigenvalue weighted by Crippen LogP contribution is -2.42. The summed E-state index contributed by atoms with van der Waals surface area (Å²) in [5.41, 5.74) is 0. The lowest BCUT2D eigenvalue weighted by atomic mass is 9.93. The summed E-state index contributed by atoms with van der Waals surface area (Å²) in [5, 5.41) is 4.89. The highest BCUT2D eigenvalue weighted by Gasteiger charge is 2.32. The van der Waals surface area contributed by atoms with Crippen LogP contribution in [0.2, 0.25) is 0 Å². The number of hydrogen-bond donors (Lipinski definition) is 1. The smallest absolute Gasteiger partial charge is 0.00978 e. The molecule has 0 bridgehead atoms. The van der Waals surface area contributed by atoms with Gasteiger partial charge in [0.2, 0.25) is 0 Å². The molecule has 0 aromatic rings. The van der Waals surface area contributed by atoms with Gasteiger partial charge in [0, 0.05) is 17.3 Å². The third-order valence-corrected chi connectivity index (χ3v) is 5.29. The van der Waals surface area contributed by atoms with Crippen LogP contribution in [0.3, 0.4) is 0 Å². The van der Waals surface area contributed by atoms with Crippen molar-refractivity contribution in [2.45, 2.75) is 75.6 Å². The second kappa shape index (κ2) is 6.30. The van der Waals surface area contributed by atoms with Crippen molar-refractivity contribution in [2.24, 2.45) is 5.92 Å². The maximum absolute atomic E-state index is 3.97. The number of nitrogens with one attached hydrogen (secondary N) is 1. The second-order valence-corrected chi connectivity index (χ2v) is 6.76. The minimum Gasteiger partial charge on any atom is -0.311 e. The summed E-state index contributed by atoms with van der Waals surface area (Å²) in [6, 6.07) is 1.67. The van der Waals surface area contributed by atoms with Gasteiger partial charge in [-0.15, -0.1) is 0 Å². The van der Waals surface area contributed by atoms with Gasteiger partial charge < -0.3 is 5.32 Å². The first-order chi connectivity index (χ1) is 7.83. The summed E-state index contributed by atoms with van der Waals surface area (Å²) in [4.78, 5) is 0. The van der Waals surface area contributed by atoms with Gasteiger partial charge in [-0.25, -0.2) is 0 Å². The first-order valence-electron chi connectivity index (χ1n) is 7.12. The molecule has 0 aromatic carbocycles. The van der Waals surface area contributed by atoms with Crippen molar-refractivity contribution in [3.63, 3.8) is 0 Å². The Balaban J connectivity index is 1.77. The molecule has 2 aliphatic carbocycles. The molecule has 1 N–H and O–H groups in total. The maximum atomic E-state index is 3.97. The number of rotatable bonds is 6. The molecule has 2 rings (SSSR count). The van der Waals surface area contributed by atoms with Crippen LogP contribution in [0.4, 0.5) is 0 Å². The lowest BCUT2D eigenvalue weighted by molar-refractivity contribution is 0.313. The van der Waals surface area contributed by atoms with E-state index < -0.39 is 0 Å². The van der Waals surface area contributed by atoms with E-state index in [1.54, 1.807) is 0 Å². The van der Waals surface area contributed by atoms with Gasteiger partial charge in [-0.05, 0) is 50.7 Å². The molecule has 3 unspecified atom stereocenters. The molecule has 0 aliphatic heterocycles. The van der Waals surface area contributed by atoms with E-state index in [9.17, 15) is 0 Å². The molecule has 1 nitrogen and oxygen atoms in total. The standard InChI is InChI=1S/C14H27NS/c1-3-5-14(11-8-9-11)15-12-6-4-7-13(10-12)16-2/h11-15H,3-10H2,1-2H3. The highest BCUT2D eigenvalue weighted by Crippen LogP contribution is 2.36. The van der Waals surface area contributed by atoms with E-state index in [1.807, 2.05) is 0 Å². The first-order valence-corrected chi connectivity index (χ1v) is 8.41. The average Bonchev–Trinajstić information content (AvgIpc) is 3.13. The van der Waals surface area contributed by atoms with Crippen LogP contribution in [-0.2, 0) is 0 Å². The van der Waals surface area contributed by atoms with Crippen molar-refractivity contribution in [3.8, 4) is 0 Å². The number of hydrogen-bond acceptors (Lipinski definition) is 2. The van der Waals surface area contributed by atoms with Gasteiger partial charge >= 0.3 is 0 Å². The van der Waals surface area contributed by atoms with Crippen LogP contribution in [0.1, 0.15) is 58.3 Å². The summed E-state index contributed by atoms with van der Waals surface area (Å²) < 4.78 is 0. The van der Waals surface area contributed by atoms with Gasteiger partial charge in [0.05, 0.1) is 0 Å². The predicted molar refractivity (Wildman–Crippen MR) is 74.1 cm³/mol. The Bertz CT molecular complexity index is 203. The highest BCUT2D eigenvalue weighted by molar-refractivity contribution is 7.99. The molecule has 2 aliphatic rings. The fraction of sp³-hybridized carbons (Fsp3) is 1.00. The monoisotopic (exact) mass is 241 g/mol. The summed E-state index contributed by atoms with van der Waals surface area (Å²) in [6.45, 7) is 2.32. The molecule has 0 radical (unpaired) electrons. The van der Waals surface area contributed by atoms with Crippen molar-refractivity contribution in [1.29, 1.82) is 0 Å². The van der Waals surface area contributed by atoms with E-state index in [0.717, 1.165) is 23.3 Å². The summed E-state index contributed by atoms with van der Waals surface area (Å²) in [7, 11) is 0. The summed E-state index contributed by atoms with van der Waals surface area (Å²) in [6.07, 6.45) is 13.7. The molecule has 94 valence electrons. The fourth-order valence-electron chi connectivity index (χ4n) is 3.08. The van der Waals surface area contributed by atoms with Gasteiger partial charge in [-0.1, -0.05) is 19.8 Å². The Morgan fingerprint density at radius 1 is 1.25 bits per heavy atom. The van der Waals surface area contributed by atoms with Crippen LogP contribution in [0.15, 0.2) is 0 Å². The summed E-state index contributed by atoms with van der Waals surface area (Å²) >= 11 is 2.07. The van der Waals surface area contributed by atoms with E-state index in [2.05, 4.69) is 30.3 Å². The average molecular weight is 241 g/mol. The SMILES string of the molecule is CCCC(NC1CCCC(SC)C1)C1CC1. The lowest BCUT2D eigenvalue weighted by Gasteiger charge is -2.32. The molecule has 3 atom stereocenters. The van der Waals surface area contributed by atoms with Crippen molar-refractivity contribution >= 4 is 11.8 Å². The zero-order valence-corrected chi connectivity index (χ0v) is 11.7. The minimum absolute atomic E-state index is 0.823. The van der Waals surface area contributed by atoms with E-state index in [-0.39, 0.29) is 0 Å². The Kier molecular flexibility index (Phi) is 5.02. The molecule has 0 spiro atoms. The van der Waals surface area contributed by atoms with E-state index in [4.69, 9.17) is 0 Å². The highest BCUT2D eigenvalue weighted by atomic mass is 32.2. The number of thioether (sulfide) groups is 1. The molecule has 0 amide bonds. The minimum atomic E-state index is 0.823. The molecule has 0 saturated heterocycles. The zero-order chi connectivity index (χ0) is 11.4. The van der Waals surface area contributed by atoms with Crippen LogP contribution in [-0.4, -0.2) is 23.6 Å². The third-order valence-electron chi connectivity index (χ3n) is 4.20. The van der Waals surface area contributed by atoms with Crippen LogP contribution in [0.25, 0.3) is 0 Å². The van der Waals surface area contributed by atoms with Crippen molar-refractivity contribution in [1.82, 2.24) is 5.32 Å². The van der Waals surface area contributed by atoms with Gasteiger partial charge in [0.1, 0.15) is 0 Å². The first kappa shape index (κ1) is 12.8. The normalized spacial score (nSPS) is 32.6. The van der Waals surface area contributed by atoms with Crippen LogP contribution >= 0.6 is 11.8 Å². The zero-order valence-electron chi connectivity index (χ0n) is 10.9. The molecule has 2 heteroatoms. The molecule has 2 fully saturated rings. The Morgan fingerprint density at radius 2 is 2.06 bits per heavy atom. The van der Waals surface area contributed by atoms with Crippen molar-refractivity contribution < 1.29 is 0 Å². The quantitative estimate of drug-likeness (QED) is 0.758. The fourth-order valence-corrected chi connectivity index (χ4v) is 3.91. The van der Waals surface area contributed by atoms with E-state index in [1.165, 1.54) is 51.4 Å². The molecule has 0 aromatic heterocycles. The Labute approximate surface area is 105 Å². The predicted octanol–water partition coefficient (Wildman–Crippen LogP) is 3.83. The molecular formula is C14H27NS. The molecule has 16 heavy (non-hydrogen) atoms. The molecule has 0 heterocycles. The second-order valence-electron chi connectivity index (χ2n) is 5.62. The van der Waals surface area contributed by atoms with Gasteiger partial charge in [0.15, 0.2) is 0 Å². The summed E-state index contributed by atoms with van der Waals surface area (Å²) in [5.74, 6) is 1.02. The van der Waals surface area contributed by atoms with Crippen LogP contribution in [0.5, 0.6) is 0 Å². The van der Waals surface area contributed by atoms with Crippen molar-refractivity contribution in [3.05, 3.63) is 0 Å². The Hall–Kier alpha value is 0.310. The molecule has 2 saturated carbocycles. The van der Waals surface area contributed by atoms with Gasteiger partial charge in [-0.2, -0.15) is 11.8 Å². The van der Waals surface area contributed by atoms with Gasteiger partial charge in [-0.3, -0.25) is 0 Å².